The van der Waals surface area contributed by atoms with Crippen LogP contribution in [0.4, 0.5) is 0 Å². The minimum absolute atomic E-state index is 0.0233. The Bertz CT molecular complexity index is 579. The first-order valence-electron chi connectivity index (χ1n) is 8.89. The molecule has 3 rings (SSSR count). The van der Waals surface area contributed by atoms with E-state index in [-0.39, 0.29) is 18.4 Å². The summed E-state index contributed by atoms with van der Waals surface area (Å²) in [7, 11) is 0. The van der Waals surface area contributed by atoms with Crippen molar-refractivity contribution in [3.63, 3.8) is 0 Å². The third-order valence-electron chi connectivity index (χ3n) is 5.00. The number of nitrogens with zero attached hydrogens (tertiary/aromatic N) is 3. The molecule has 0 spiro atoms. The minimum Gasteiger partial charge on any atom is -0.389 e. The van der Waals surface area contributed by atoms with Crippen molar-refractivity contribution in [2.45, 2.75) is 64.1 Å². The zero-order chi connectivity index (χ0) is 17.2. The topological polar surface area (TPSA) is 75.6 Å². The summed E-state index contributed by atoms with van der Waals surface area (Å²) in [5.74, 6) is 0.740. The first-order valence-corrected chi connectivity index (χ1v) is 8.89. The van der Waals surface area contributed by atoms with Gasteiger partial charge in [0.15, 0.2) is 0 Å². The molecule has 0 unspecified atom stereocenters. The van der Waals surface area contributed by atoms with Gasteiger partial charge in [-0.05, 0) is 32.8 Å². The summed E-state index contributed by atoms with van der Waals surface area (Å²) in [6.07, 6.45) is 4.64. The van der Waals surface area contributed by atoms with Crippen LogP contribution < -0.4 is 0 Å². The highest BCUT2D eigenvalue weighted by Gasteiger charge is 2.35. The van der Waals surface area contributed by atoms with E-state index >= 15 is 0 Å². The van der Waals surface area contributed by atoms with Crippen LogP contribution in [0.5, 0.6) is 0 Å². The smallest absolute Gasteiger partial charge is 0.225 e. The monoisotopic (exact) mass is 333 g/mol. The van der Waals surface area contributed by atoms with Crippen LogP contribution in [-0.2, 0) is 9.53 Å². The average molecular weight is 333 g/mol. The number of carbonyl (C=O) groups is 1. The van der Waals surface area contributed by atoms with E-state index in [1.54, 1.807) is 0 Å². The molecule has 1 aromatic rings. The van der Waals surface area contributed by atoms with Gasteiger partial charge in [-0.3, -0.25) is 4.79 Å². The SMILES string of the molecule is Cc1cc([C@@H]2CN(C(=O)CC3(O)CCCCC3)CCO2)nc(C)n1. The molecule has 6 nitrogen and oxygen atoms in total. The fourth-order valence-electron chi connectivity index (χ4n) is 3.75. The molecule has 1 aliphatic carbocycles. The number of aromatic nitrogens is 2. The average Bonchev–Trinajstić information content (AvgIpc) is 2.54. The van der Waals surface area contributed by atoms with Crippen molar-refractivity contribution in [3.8, 4) is 0 Å². The van der Waals surface area contributed by atoms with Crippen molar-refractivity contribution in [1.29, 1.82) is 0 Å². The number of aliphatic hydroxyl groups is 1. The Kier molecular flexibility index (Phi) is 5.15. The van der Waals surface area contributed by atoms with Gasteiger partial charge < -0.3 is 14.7 Å². The Labute approximate surface area is 143 Å². The van der Waals surface area contributed by atoms with Gasteiger partial charge in [0.05, 0.1) is 30.9 Å². The molecule has 1 saturated heterocycles. The largest absolute Gasteiger partial charge is 0.389 e. The number of hydrogen-bond acceptors (Lipinski definition) is 5. The number of carbonyl (C=O) groups excluding carboxylic acids is 1. The molecular formula is C18H27N3O3. The minimum atomic E-state index is -0.814. The first-order chi connectivity index (χ1) is 11.5. The van der Waals surface area contributed by atoms with Crippen molar-refractivity contribution in [2.75, 3.05) is 19.7 Å². The van der Waals surface area contributed by atoms with Crippen LogP contribution in [0.15, 0.2) is 6.07 Å². The Morgan fingerprint density at radius 1 is 1.33 bits per heavy atom. The lowest BCUT2D eigenvalue weighted by Crippen LogP contribution is -2.46. The highest BCUT2D eigenvalue weighted by atomic mass is 16.5. The summed E-state index contributed by atoms with van der Waals surface area (Å²) in [6, 6.07) is 1.92. The Morgan fingerprint density at radius 2 is 2.08 bits per heavy atom. The third-order valence-corrected chi connectivity index (χ3v) is 5.00. The lowest BCUT2D eigenvalue weighted by Gasteiger charge is -2.37. The van der Waals surface area contributed by atoms with E-state index in [1.807, 2.05) is 24.8 Å². The molecule has 1 aromatic heterocycles. The zero-order valence-corrected chi connectivity index (χ0v) is 14.6. The lowest BCUT2D eigenvalue weighted by atomic mass is 9.82. The summed E-state index contributed by atoms with van der Waals surface area (Å²) in [5, 5.41) is 10.6. The number of rotatable bonds is 3. The van der Waals surface area contributed by atoms with Crippen LogP contribution in [0, 0.1) is 13.8 Å². The molecule has 0 radical (unpaired) electrons. The predicted molar refractivity (Wildman–Crippen MR) is 89.4 cm³/mol. The second-order valence-electron chi connectivity index (χ2n) is 7.14. The summed E-state index contributed by atoms with van der Waals surface area (Å²) in [6.45, 7) is 5.36. The highest BCUT2D eigenvalue weighted by Crippen LogP contribution is 2.32. The van der Waals surface area contributed by atoms with E-state index in [0.717, 1.165) is 43.5 Å². The molecule has 2 fully saturated rings. The van der Waals surface area contributed by atoms with E-state index < -0.39 is 5.60 Å². The molecule has 2 heterocycles. The molecule has 24 heavy (non-hydrogen) atoms. The fourth-order valence-corrected chi connectivity index (χ4v) is 3.75. The van der Waals surface area contributed by atoms with Crippen molar-refractivity contribution < 1.29 is 14.6 Å². The maximum atomic E-state index is 12.7. The molecule has 1 aliphatic heterocycles. The normalized spacial score (nSPS) is 24.0. The van der Waals surface area contributed by atoms with Gasteiger partial charge in [0.1, 0.15) is 11.9 Å². The van der Waals surface area contributed by atoms with E-state index in [2.05, 4.69) is 9.97 Å². The molecule has 132 valence electrons. The van der Waals surface area contributed by atoms with E-state index in [0.29, 0.717) is 25.5 Å². The lowest BCUT2D eigenvalue weighted by molar-refractivity contribution is -0.145. The van der Waals surface area contributed by atoms with Crippen LogP contribution in [0.25, 0.3) is 0 Å². The number of aryl methyl sites for hydroxylation is 2. The molecule has 1 N–H and O–H groups in total. The number of hydrogen-bond donors (Lipinski definition) is 1. The predicted octanol–water partition coefficient (Wildman–Crippen LogP) is 2.08. The van der Waals surface area contributed by atoms with Crippen LogP contribution >= 0.6 is 0 Å². The van der Waals surface area contributed by atoms with Gasteiger partial charge >= 0.3 is 0 Å². The van der Waals surface area contributed by atoms with Gasteiger partial charge in [-0.25, -0.2) is 9.97 Å². The molecule has 1 saturated carbocycles. The summed E-state index contributed by atoms with van der Waals surface area (Å²) >= 11 is 0. The number of amides is 1. The van der Waals surface area contributed by atoms with Crippen molar-refractivity contribution in [3.05, 3.63) is 23.3 Å². The second kappa shape index (κ2) is 7.15. The Hall–Kier alpha value is -1.53. The van der Waals surface area contributed by atoms with Gasteiger partial charge in [-0.1, -0.05) is 19.3 Å². The maximum absolute atomic E-state index is 12.7. The van der Waals surface area contributed by atoms with Gasteiger partial charge in [0.2, 0.25) is 5.91 Å². The van der Waals surface area contributed by atoms with Gasteiger partial charge in [-0.15, -0.1) is 0 Å². The van der Waals surface area contributed by atoms with Gasteiger partial charge in [0, 0.05) is 12.2 Å². The van der Waals surface area contributed by atoms with Crippen LogP contribution in [0.1, 0.15) is 61.8 Å². The third kappa shape index (κ3) is 4.11. The van der Waals surface area contributed by atoms with Crippen molar-refractivity contribution >= 4 is 5.91 Å². The Balaban J connectivity index is 1.65. The van der Waals surface area contributed by atoms with E-state index in [1.165, 1.54) is 0 Å². The second-order valence-corrected chi connectivity index (χ2v) is 7.14. The molecule has 2 aliphatic rings. The van der Waals surface area contributed by atoms with Gasteiger partial charge in [-0.2, -0.15) is 0 Å². The van der Waals surface area contributed by atoms with E-state index in [4.69, 9.17) is 4.74 Å². The van der Waals surface area contributed by atoms with Crippen molar-refractivity contribution in [1.82, 2.24) is 14.9 Å². The van der Waals surface area contributed by atoms with Crippen LogP contribution in [-0.4, -0.2) is 51.2 Å². The molecule has 6 heteroatoms. The zero-order valence-electron chi connectivity index (χ0n) is 14.6. The van der Waals surface area contributed by atoms with E-state index in [9.17, 15) is 9.90 Å². The standard InChI is InChI=1S/C18H27N3O3/c1-13-10-15(20-14(2)19-13)16-12-21(8-9-24-16)17(22)11-18(23)6-4-3-5-7-18/h10,16,23H,3-9,11-12H2,1-2H3/t16-/m0/s1. The summed E-state index contributed by atoms with van der Waals surface area (Å²) < 4.78 is 5.82. The highest BCUT2D eigenvalue weighted by molar-refractivity contribution is 5.77. The molecule has 0 aromatic carbocycles. The number of morpholine rings is 1. The first kappa shape index (κ1) is 17.3. The molecule has 1 atom stereocenters. The Morgan fingerprint density at radius 3 is 2.79 bits per heavy atom. The summed E-state index contributed by atoms with van der Waals surface area (Å²) in [4.78, 5) is 23.2. The van der Waals surface area contributed by atoms with Crippen LogP contribution in [0.3, 0.4) is 0 Å². The maximum Gasteiger partial charge on any atom is 0.225 e. The molecule has 1 amide bonds. The molecular weight excluding hydrogens is 306 g/mol. The quantitative estimate of drug-likeness (QED) is 0.916. The fraction of sp³-hybridized carbons (Fsp3) is 0.722. The number of ether oxygens (including phenoxy) is 1. The van der Waals surface area contributed by atoms with Crippen molar-refractivity contribution in [2.24, 2.45) is 0 Å². The molecule has 0 bridgehead atoms. The summed E-state index contributed by atoms with van der Waals surface area (Å²) in [5.41, 5.74) is 0.917. The van der Waals surface area contributed by atoms with Gasteiger partial charge in [0.25, 0.3) is 0 Å². The van der Waals surface area contributed by atoms with Crippen LogP contribution in [0.2, 0.25) is 0 Å².